The molecule has 0 aromatic rings. The average Bonchev–Trinajstić information content (AvgIpc) is 2.77. The molecule has 2 nitrogen and oxygen atoms in total. The van der Waals surface area contributed by atoms with Crippen LogP contribution in [0, 0.1) is 0 Å². The van der Waals surface area contributed by atoms with Gasteiger partial charge in [-0.2, -0.15) is 0 Å². The standard InChI is InChI=1S/C11H21Cl2NO/c1-11(8-12,9-13)14-6-2-4-10-5-3-7-15-10/h10,14H,2-9H2,1H3. The van der Waals surface area contributed by atoms with E-state index in [0.717, 1.165) is 26.0 Å². The van der Waals surface area contributed by atoms with Gasteiger partial charge in [-0.1, -0.05) is 0 Å². The summed E-state index contributed by atoms with van der Waals surface area (Å²) in [5, 5.41) is 3.40. The summed E-state index contributed by atoms with van der Waals surface area (Å²) in [6.45, 7) is 3.97. The van der Waals surface area contributed by atoms with Gasteiger partial charge in [0.1, 0.15) is 0 Å². The summed E-state index contributed by atoms with van der Waals surface area (Å²) in [6, 6.07) is 0. The molecule has 0 bridgehead atoms. The van der Waals surface area contributed by atoms with Gasteiger partial charge in [-0.25, -0.2) is 0 Å². The molecule has 0 radical (unpaired) electrons. The van der Waals surface area contributed by atoms with E-state index in [0.29, 0.717) is 17.9 Å². The summed E-state index contributed by atoms with van der Waals surface area (Å²) in [5.74, 6) is 1.10. The zero-order chi connectivity index (χ0) is 11.1. The van der Waals surface area contributed by atoms with Crippen molar-refractivity contribution in [2.75, 3.05) is 24.9 Å². The first kappa shape index (κ1) is 13.6. The molecule has 15 heavy (non-hydrogen) atoms. The molecule has 1 fully saturated rings. The van der Waals surface area contributed by atoms with E-state index in [2.05, 4.69) is 12.2 Å². The van der Waals surface area contributed by atoms with E-state index in [-0.39, 0.29) is 5.54 Å². The van der Waals surface area contributed by atoms with Crippen molar-refractivity contribution < 1.29 is 4.74 Å². The first-order valence-electron chi connectivity index (χ1n) is 5.69. The normalized spacial score (nSPS) is 22.2. The summed E-state index contributed by atoms with van der Waals surface area (Å²) in [6.07, 6.45) is 5.22. The van der Waals surface area contributed by atoms with Crippen LogP contribution in [0.15, 0.2) is 0 Å². The Morgan fingerprint density at radius 1 is 1.40 bits per heavy atom. The second-order valence-corrected chi connectivity index (χ2v) is 5.07. The van der Waals surface area contributed by atoms with Gasteiger partial charge in [-0.05, 0) is 39.2 Å². The Morgan fingerprint density at radius 3 is 2.67 bits per heavy atom. The van der Waals surface area contributed by atoms with Gasteiger partial charge in [-0.15, -0.1) is 23.2 Å². The van der Waals surface area contributed by atoms with Crippen LogP contribution in [0.25, 0.3) is 0 Å². The topological polar surface area (TPSA) is 21.3 Å². The fourth-order valence-corrected chi connectivity index (χ4v) is 2.20. The SMILES string of the molecule is CC(CCl)(CCl)NCCCC1CCCO1. The van der Waals surface area contributed by atoms with Crippen molar-refractivity contribution in [1.82, 2.24) is 5.32 Å². The Morgan fingerprint density at radius 2 is 2.13 bits per heavy atom. The first-order chi connectivity index (χ1) is 7.20. The van der Waals surface area contributed by atoms with Gasteiger partial charge in [0.25, 0.3) is 0 Å². The minimum Gasteiger partial charge on any atom is -0.378 e. The second-order valence-electron chi connectivity index (χ2n) is 4.53. The van der Waals surface area contributed by atoms with Gasteiger partial charge in [0, 0.05) is 23.9 Å². The minimum absolute atomic E-state index is 0.125. The number of ether oxygens (including phenoxy) is 1. The number of nitrogens with one attached hydrogen (secondary N) is 1. The van der Waals surface area contributed by atoms with E-state index >= 15 is 0 Å². The lowest BCUT2D eigenvalue weighted by atomic mass is 10.1. The number of rotatable bonds is 7. The smallest absolute Gasteiger partial charge is 0.0576 e. The Kier molecular flexibility index (Phi) is 6.28. The molecule has 1 atom stereocenters. The lowest BCUT2D eigenvalue weighted by Gasteiger charge is -2.26. The van der Waals surface area contributed by atoms with Crippen molar-refractivity contribution in [3.05, 3.63) is 0 Å². The largest absolute Gasteiger partial charge is 0.378 e. The maximum atomic E-state index is 5.84. The Labute approximate surface area is 103 Å². The monoisotopic (exact) mass is 253 g/mol. The van der Waals surface area contributed by atoms with Crippen LogP contribution in [0.5, 0.6) is 0 Å². The van der Waals surface area contributed by atoms with Crippen molar-refractivity contribution in [3.63, 3.8) is 0 Å². The van der Waals surface area contributed by atoms with Crippen LogP contribution in [0.1, 0.15) is 32.6 Å². The van der Waals surface area contributed by atoms with Crippen molar-refractivity contribution >= 4 is 23.2 Å². The van der Waals surface area contributed by atoms with E-state index in [9.17, 15) is 0 Å². The lowest BCUT2D eigenvalue weighted by Crippen LogP contribution is -2.46. The Balaban J connectivity index is 2.04. The maximum absolute atomic E-state index is 5.84. The molecule has 1 rings (SSSR count). The molecule has 90 valence electrons. The van der Waals surface area contributed by atoms with Gasteiger partial charge in [0.15, 0.2) is 0 Å². The van der Waals surface area contributed by atoms with E-state index in [1.807, 2.05) is 0 Å². The highest BCUT2D eigenvalue weighted by molar-refractivity contribution is 6.22. The van der Waals surface area contributed by atoms with Crippen LogP contribution in [0.4, 0.5) is 0 Å². The molecule has 0 aromatic carbocycles. The molecule has 1 N–H and O–H groups in total. The molecule has 0 aliphatic carbocycles. The van der Waals surface area contributed by atoms with Crippen molar-refractivity contribution in [1.29, 1.82) is 0 Å². The fraction of sp³-hybridized carbons (Fsp3) is 1.00. The van der Waals surface area contributed by atoms with Crippen LogP contribution in [-0.2, 0) is 4.74 Å². The summed E-state index contributed by atoms with van der Waals surface area (Å²) >= 11 is 11.7. The summed E-state index contributed by atoms with van der Waals surface area (Å²) in [4.78, 5) is 0. The van der Waals surface area contributed by atoms with Crippen molar-refractivity contribution in [3.8, 4) is 0 Å². The van der Waals surface area contributed by atoms with Gasteiger partial charge < -0.3 is 10.1 Å². The van der Waals surface area contributed by atoms with Gasteiger partial charge in [-0.3, -0.25) is 0 Å². The lowest BCUT2D eigenvalue weighted by molar-refractivity contribution is 0.102. The van der Waals surface area contributed by atoms with Crippen LogP contribution in [0.3, 0.4) is 0 Å². The summed E-state index contributed by atoms with van der Waals surface area (Å²) < 4.78 is 5.56. The number of hydrogen-bond acceptors (Lipinski definition) is 2. The number of alkyl halides is 2. The predicted molar refractivity (Wildman–Crippen MR) is 66.1 cm³/mol. The Hall–Kier alpha value is 0.500. The molecule has 1 aliphatic heterocycles. The molecule has 1 aliphatic rings. The maximum Gasteiger partial charge on any atom is 0.0576 e. The quantitative estimate of drug-likeness (QED) is 0.557. The molecule has 0 amide bonds. The zero-order valence-electron chi connectivity index (χ0n) is 9.40. The highest BCUT2D eigenvalue weighted by Crippen LogP contribution is 2.16. The third-order valence-electron chi connectivity index (χ3n) is 2.87. The molecule has 0 saturated carbocycles. The van der Waals surface area contributed by atoms with E-state index in [1.165, 1.54) is 12.8 Å². The van der Waals surface area contributed by atoms with Crippen LogP contribution in [0.2, 0.25) is 0 Å². The van der Waals surface area contributed by atoms with Crippen LogP contribution < -0.4 is 5.32 Å². The molecule has 0 aromatic heterocycles. The predicted octanol–water partition coefficient (Wildman–Crippen LogP) is 2.77. The van der Waals surface area contributed by atoms with Crippen LogP contribution >= 0.6 is 23.2 Å². The molecule has 4 heteroatoms. The highest BCUT2D eigenvalue weighted by atomic mass is 35.5. The molecule has 1 heterocycles. The van der Waals surface area contributed by atoms with Gasteiger partial charge in [0.05, 0.1) is 6.10 Å². The average molecular weight is 254 g/mol. The van der Waals surface area contributed by atoms with Crippen molar-refractivity contribution in [2.24, 2.45) is 0 Å². The van der Waals surface area contributed by atoms with E-state index in [4.69, 9.17) is 27.9 Å². The molecular formula is C11H21Cl2NO. The second kappa shape index (κ2) is 6.95. The van der Waals surface area contributed by atoms with E-state index < -0.39 is 0 Å². The zero-order valence-corrected chi connectivity index (χ0v) is 10.9. The summed E-state index contributed by atoms with van der Waals surface area (Å²) in [7, 11) is 0. The summed E-state index contributed by atoms with van der Waals surface area (Å²) in [5.41, 5.74) is -0.125. The molecule has 1 saturated heterocycles. The first-order valence-corrected chi connectivity index (χ1v) is 6.76. The third kappa shape index (κ3) is 4.90. The fourth-order valence-electron chi connectivity index (χ4n) is 1.72. The van der Waals surface area contributed by atoms with Gasteiger partial charge >= 0.3 is 0 Å². The van der Waals surface area contributed by atoms with Crippen molar-refractivity contribution in [2.45, 2.75) is 44.2 Å². The van der Waals surface area contributed by atoms with E-state index in [1.54, 1.807) is 0 Å². The minimum atomic E-state index is -0.125. The Bertz CT molecular complexity index is 168. The molecular weight excluding hydrogens is 233 g/mol. The van der Waals surface area contributed by atoms with Gasteiger partial charge in [0.2, 0.25) is 0 Å². The number of hydrogen-bond donors (Lipinski definition) is 1. The van der Waals surface area contributed by atoms with Crippen LogP contribution in [-0.4, -0.2) is 36.6 Å². The highest BCUT2D eigenvalue weighted by Gasteiger charge is 2.21. The number of halogens is 2. The third-order valence-corrected chi connectivity index (χ3v) is 4.05. The molecule has 1 unspecified atom stereocenters. The molecule has 0 spiro atoms.